The highest BCUT2D eigenvalue weighted by Gasteiger charge is 2.26. The quantitative estimate of drug-likeness (QED) is 0.779. The van der Waals surface area contributed by atoms with Gasteiger partial charge in [0.15, 0.2) is 0 Å². The molecule has 6 nitrogen and oxygen atoms in total. The highest BCUT2D eigenvalue weighted by molar-refractivity contribution is 5.78. The van der Waals surface area contributed by atoms with E-state index < -0.39 is 0 Å². The summed E-state index contributed by atoms with van der Waals surface area (Å²) in [5.41, 5.74) is 0. The summed E-state index contributed by atoms with van der Waals surface area (Å²) in [6, 6.07) is 0.676. The van der Waals surface area contributed by atoms with Gasteiger partial charge < -0.3 is 14.8 Å². The number of hydrogen-bond acceptors (Lipinski definition) is 5. The van der Waals surface area contributed by atoms with Gasteiger partial charge in [0, 0.05) is 45.4 Å². The SMILES string of the molecule is O=C(CN1CCC(N2CCOCC2)CC1)NCC1CCCO1. The van der Waals surface area contributed by atoms with Gasteiger partial charge in [-0.2, -0.15) is 0 Å². The van der Waals surface area contributed by atoms with E-state index in [1.54, 1.807) is 0 Å². The molecule has 22 heavy (non-hydrogen) atoms. The Bertz CT molecular complexity index is 347. The molecule has 0 aromatic carbocycles. The van der Waals surface area contributed by atoms with Crippen LogP contribution in [0, 0.1) is 0 Å². The minimum absolute atomic E-state index is 0.139. The highest BCUT2D eigenvalue weighted by Crippen LogP contribution is 2.17. The molecule has 126 valence electrons. The first kappa shape index (κ1) is 16.2. The molecule has 0 radical (unpaired) electrons. The molecule has 0 spiro atoms. The largest absolute Gasteiger partial charge is 0.379 e. The van der Waals surface area contributed by atoms with Crippen molar-refractivity contribution in [3.8, 4) is 0 Å². The zero-order valence-electron chi connectivity index (χ0n) is 13.5. The lowest BCUT2D eigenvalue weighted by Crippen LogP contribution is -2.50. The normalized spacial score (nSPS) is 28.8. The van der Waals surface area contributed by atoms with Crippen LogP contribution in [0.3, 0.4) is 0 Å². The molecule has 3 rings (SSSR count). The average molecular weight is 311 g/mol. The Morgan fingerprint density at radius 3 is 2.50 bits per heavy atom. The fraction of sp³-hybridized carbons (Fsp3) is 0.938. The van der Waals surface area contributed by atoms with E-state index in [1.165, 1.54) is 12.8 Å². The van der Waals surface area contributed by atoms with Gasteiger partial charge in [0.25, 0.3) is 0 Å². The molecule has 3 saturated heterocycles. The minimum atomic E-state index is 0.139. The van der Waals surface area contributed by atoms with Crippen molar-refractivity contribution in [1.29, 1.82) is 0 Å². The maximum Gasteiger partial charge on any atom is 0.234 e. The van der Waals surface area contributed by atoms with Crippen molar-refractivity contribution >= 4 is 5.91 Å². The molecular weight excluding hydrogens is 282 g/mol. The van der Waals surface area contributed by atoms with Gasteiger partial charge in [-0.3, -0.25) is 14.6 Å². The molecule has 3 aliphatic rings. The van der Waals surface area contributed by atoms with Gasteiger partial charge in [-0.05, 0) is 25.7 Å². The van der Waals surface area contributed by atoms with Crippen molar-refractivity contribution in [3.05, 3.63) is 0 Å². The van der Waals surface area contributed by atoms with Crippen molar-refractivity contribution in [2.75, 3.05) is 59.1 Å². The van der Waals surface area contributed by atoms with Gasteiger partial charge in [0.2, 0.25) is 5.91 Å². The Labute approximate surface area is 133 Å². The number of carbonyl (C=O) groups excluding carboxylic acids is 1. The summed E-state index contributed by atoms with van der Waals surface area (Å²) in [7, 11) is 0. The Morgan fingerprint density at radius 1 is 1.05 bits per heavy atom. The van der Waals surface area contributed by atoms with Gasteiger partial charge in [0.05, 0.1) is 25.9 Å². The molecule has 1 amide bonds. The van der Waals surface area contributed by atoms with Gasteiger partial charge in [0.1, 0.15) is 0 Å². The molecule has 0 aromatic heterocycles. The van der Waals surface area contributed by atoms with E-state index in [9.17, 15) is 4.79 Å². The van der Waals surface area contributed by atoms with Crippen LogP contribution in [-0.2, 0) is 14.3 Å². The second-order valence-electron chi connectivity index (χ2n) is 6.59. The van der Waals surface area contributed by atoms with Crippen LogP contribution in [0.4, 0.5) is 0 Å². The number of morpholine rings is 1. The summed E-state index contributed by atoms with van der Waals surface area (Å²) in [4.78, 5) is 16.8. The fourth-order valence-corrected chi connectivity index (χ4v) is 3.68. The van der Waals surface area contributed by atoms with Crippen molar-refractivity contribution in [1.82, 2.24) is 15.1 Å². The molecular formula is C16H29N3O3. The number of piperidine rings is 1. The second kappa shape index (κ2) is 8.24. The van der Waals surface area contributed by atoms with Gasteiger partial charge >= 0.3 is 0 Å². The summed E-state index contributed by atoms with van der Waals surface area (Å²) in [5, 5.41) is 3.01. The van der Waals surface area contributed by atoms with E-state index in [0.717, 1.165) is 58.8 Å². The molecule has 3 aliphatic heterocycles. The number of ether oxygens (including phenoxy) is 2. The molecule has 1 unspecified atom stereocenters. The lowest BCUT2D eigenvalue weighted by molar-refractivity contribution is -0.123. The van der Waals surface area contributed by atoms with E-state index >= 15 is 0 Å². The lowest BCUT2D eigenvalue weighted by Gasteiger charge is -2.39. The van der Waals surface area contributed by atoms with Crippen molar-refractivity contribution in [2.24, 2.45) is 0 Å². The molecule has 0 saturated carbocycles. The van der Waals surface area contributed by atoms with Crippen LogP contribution in [0.25, 0.3) is 0 Å². The third kappa shape index (κ3) is 4.65. The number of nitrogens with zero attached hydrogens (tertiary/aromatic N) is 2. The Hall–Kier alpha value is -0.690. The fourth-order valence-electron chi connectivity index (χ4n) is 3.68. The van der Waals surface area contributed by atoms with Crippen molar-refractivity contribution in [2.45, 2.75) is 37.8 Å². The third-order valence-corrected chi connectivity index (χ3v) is 5.04. The van der Waals surface area contributed by atoms with Crippen LogP contribution in [0.15, 0.2) is 0 Å². The summed E-state index contributed by atoms with van der Waals surface area (Å²) < 4.78 is 10.9. The molecule has 1 N–H and O–H groups in total. The molecule has 0 bridgehead atoms. The molecule has 6 heteroatoms. The number of carbonyl (C=O) groups is 1. The standard InChI is InChI=1S/C16H29N3O3/c20-16(17-12-15-2-1-9-22-15)13-18-5-3-14(4-6-18)19-7-10-21-11-8-19/h14-15H,1-13H2,(H,17,20). The predicted octanol–water partition coefficient (Wildman–Crippen LogP) is 0.0782. The molecule has 3 fully saturated rings. The Morgan fingerprint density at radius 2 is 1.82 bits per heavy atom. The van der Waals surface area contributed by atoms with Crippen LogP contribution in [-0.4, -0.2) is 86.9 Å². The summed E-state index contributed by atoms with van der Waals surface area (Å²) in [6.45, 7) is 7.95. The molecule has 1 atom stereocenters. The van der Waals surface area contributed by atoms with E-state index in [1.807, 2.05) is 0 Å². The monoisotopic (exact) mass is 311 g/mol. The lowest BCUT2D eigenvalue weighted by atomic mass is 10.0. The van der Waals surface area contributed by atoms with Gasteiger partial charge in [-0.15, -0.1) is 0 Å². The summed E-state index contributed by atoms with van der Waals surface area (Å²) in [5.74, 6) is 0.139. The number of rotatable bonds is 5. The number of nitrogens with one attached hydrogen (secondary N) is 1. The van der Waals surface area contributed by atoms with E-state index in [0.29, 0.717) is 19.1 Å². The molecule has 3 heterocycles. The van der Waals surface area contributed by atoms with Crippen LogP contribution in [0.5, 0.6) is 0 Å². The first-order valence-electron chi connectivity index (χ1n) is 8.74. The number of hydrogen-bond donors (Lipinski definition) is 1. The average Bonchev–Trinajstić information content (AvgIpc) is 3.08. The number of likely N-dealkylation sites (tertiary alicyclic amines) is 1. The third-order valence-electron chi connectivity index (χ3n) is 5.04. The van der Waals surface area contributed by atoms with Crippen LogP contribution >= 0.6 is 0 Å². The van der Waals surface area contributed by atoms with Crippen LogP contribution < -0.4 is 5.32 Å². The summed E-state index contributed by atoms with van der Waals surface area (Å²) >= 11 is 0. The summed E-state index contributed by atoms with van der Waals surface area (Å²) in [6.07, 6.45) is 4.76. The van der Waals surface area contributed by atoms with Crippen molar-refractivity contribution < 1.29 is 14.3 Å². The van der Waals surface area contributed by atoms with E-state index in [4.69, 9.17) is 9.47 Å². The Balaban J connectivity index is 1.31. The molecule has 0 aliphatic carbocycles. The molecule has 0 aromatic rings. The maximum absolute atomic E-state index is 12.0. The zero-order valence-corrected chi connectivity index (χ0v) is 13.5. The van der Waals surface area contributed by atoms with Gasteiger partial charge in [-0.25, -0.2) is 0 Å². The highest BCUT2D eigenvalue weighted by atomic mass is 16.5. The number of amides is 1. The maximum atomic E-state index is 12.0. The topological polar surface area (TPSA) is 54.0 Å². The van der Waals surface area contributed by atoms with Crippen LogP contribution in [0.2, 0.25) is 0 Å². The zero-order chi connectivity index (χ0) is 15.2. The van der Waals surface area contributed by atoms with Crippen molar-refractivity contribution in [3.63, 3.8) is 0 Å². The Kier molecular flexibility index (Phi) is 6.06. The van der Waals surface area contributed by atoms with Crippen LogP contribution in [0.1, 0.15) is 25.7 Å². The van der Waals surface area contributed by atoms with Gasteiger partial charge in [-0.1, -0.05) is 0 Å². The smallest absolute Gasteiger partial charge is 0.234 e. The van der Waals surface area contributed by atoms with E-state index in [2.05, 4.69) is 15.1 Å². The van der Waals surface area contributed by atoms with E-state index in [-0.39, 0.29) is 12.0 Å². The predicted molar refractivity (Wildman–Crippen MR) is 83.8 cm³/mol. The first-order chi connectivity index (χ1) is 10.8. The first-order valence-corrected chi connectivity index (χ1v) is 8.74. The minimum Gasteiger partial charge on any atom is -0.379 e. The second-order valence-corrected chi connectivity index (χ2v) is 6.59.